The minimum atomic E-state index is 0.0208. The van der Waals surface area contributed by atoms with Crippen molar-refractivity contribution in [3.63, 3.8) is 0 Å². The van der Waals surface area contributed by atoms with Crippen LogP contribution in [0.3, 0.4) is 0 Å². The Balaban J connectivity index is 1.16. The summed E-state index contributed by atoms with van der Waals surface area (Å²) < 4.78 is 16.4. The van der Waals surface area contributed by atoms with E-state index in [1.165, 1.54) is 55.7 Å². The van der Waals surface area contributed by atoms with E-state index in [1.54, 1.807) is 0 Å². The predicted molar refractivity (Wildman–Crippen MR) is 190 cm³/mol. The summed E-state index contributed by atoms with van der Waals surface area (Å²) in [5.41, 5.74) is 12.6. The summed E-state index contributed by atoms with van der Waals surface area (Å²) in [6.45, 7) is 0.180. The van der Waals surface area contributed by atoms with Gasteiger partial charge >= 0.3 is 0 Å². The quantitative estimate of drug-likeness (QED) is 0.188. The van der Waals surface area contributed by atoms with E-state index >= 15 is 0 Å². The lowest BCUT2D eigenvalue weighted by Crippen LogP contribution is -2.51. The first-order valence-electron chi connectivity index (χ1n) is 16.9. The summed E-state index contributed by atoms with van der Waals surface area (Å²) in [5, 5.41) is 1.35. The van der Waals surface area contributed by atoms with E-state index in [-0.39, 0.29) is 24.6 Å². The Morgan fingerprint density at radius 1 is 0.809 bits per heavy atom. The lowest BCUT2D eigenvalue weighted by atomic mass is 9.29. The fourth-order valence-electron chi connectivity index (χ4n) is 9.16. The first kappa shape index (κ1) is 25.7. The Morgan fingerprint density at radius 3 is 2.62 bits per heavy atom. The van der Waals surface area contributed by atoms with Gasteiger partial charge < -0.3 is 18.9 Å². The summed E-state index contributed by atoms with van der Waals surface area (Å²) in [6.07, 6.45) is 16.5. The van der Waals surface area contributed by atoms with Gasteiger partial charge in [0.1, 0.15) is 17.6 Å². The van der Waals surface area contributed by atoms with E-state index in [1.807, 2.05) is 0 Å². The van der Waals surface area contributed by atoms with Gasteiger partial charge in [0.15, 0.2) is 0 Å². The third-order valence-electron chi connectivity index (χ3n) is 11.1. The van der Waals surface area contributed by atoms with Crippen LogP contribution in [0.4, 0.5) is 11.4 Å². The number of nitrogens with zero attached hydrogens (tertiary/aromatic N) is 2. The minimum Gasteiger partial charge on any atom is -0.491 e. The third kappa shape index (κ3) is 3.49. The Labute approximate surface area is 274 Å². The number of ether oxygens (including phenoxy) is 2. The molecule has 5 aromatic rings. The zero-order valence-corrected chi connectivity index (χ0v) is 25.8. The van der Waals surface area contributed by atoms with Crippen molar-refractivity contribution in [2.75, 3.05) is 4.90 Å². The maximum atomic E-state index is 7.03. The highest BCUT2D eigenvalue weighted by Gasteiger charge is 2.53. The lowest BCUT2D eigenvalue weighted by Gasteiger charge is -2.45. The van der Waals surface area contributed by atoms with Crippen LogP contribution in [0.5, 0.6) is 5.75 Å². The molecule has 1 aromatic heterocycles. The van der Waals surface area contributed by atoms with Crippen molar-refractivity contribution in [1.29, 1.82) is 0 Å². The summed E-state index contributed by atoms with van der Waals surface area (Å²) >= 11 is 0. The second kappa shape index (κ2) is 9.55. The van der Waals surface area contributed by atoms with Crippen LogP contribution in [-0.2, 0) is 11.2 Å². The molecular weight excluding hydrogens is 575 g/mol. The molecule has 0 saturated heterocycles. The van der Waals surface area contributed by atoms with Crippen LogP contribution in [0.1, 0.15) is 35.6 Å². The highest BCUT2D eigenvalue weighted by atomic mass is 16.5. The van der Waals surface area contributed by atoms with Crippen LogP contribution in [0, 0.1) is 0 Å². The first-order chi connectivity index (χ1) is 23.3. The van der Waals surface area contributed by atoms with Crippen molar-refractivity contribution in [1.82, 2.24) is 4.57 Å². The highest BCUT2D eigenvalue weighted by molar-refractivity contribution is 6.84. The van der Waals surface area contributed by atoms with Crippen molar-refractivity contribution >= 4 is 40.5 Å². The van der Waals surface area contributed by atoms with E-state index < -0.39 is 0 Å². The van der Waals surface area contributed by atoms with Gasteiger partial charge in [-0.1, -0.05) is 85.0 Å². The van der Waals surface area contributed by atoms with Crippen LogP contribution in [0.2, 0.25) is 5.82 Å². The van der Waals surface area contributed by atoms with E-state index in [0.29, 0.717) is 0 Å². The molecule has 47 heavy (non-hydrogen) atoms. The SMILES string of the molecule is C1=CC2OC3=C4B(c5ccccc5OC4=C4C(C3)c3ccc(-n5c6c(c7ccccc75)CCC=C6)cc3N4c3ccccc3)C2C=C1. The monoisotopic (exact) mass is 606 g/mol. The van der Waals surface area contributed by atoms with Crippen LogP contribution < -0.4 is 15.1 Å². The molecule has 0 amide bonds. The second-order valence-electron chi connectivity index (χ2n) is 13.4. The molecule has 11 rings (SSSR count). The number of aryl methyl sites for hydroxylation is 1. The zero-order valence-electron chi connectivity index (χ0n) is 25.8. The minimum absolute atomic E-state index is 0.0208. The zero-order chi connectivity index (χ0) is 30.6. The smallest absolute Gasteiger partial charge is 0.234 e. The molecule has 6 aliphatic rings. The normalized spacial score (nSPS) is 22.7. The average Bonchev–Trinajstić information content (AvgIpc) is 3.64. The van der Waals surface area contributed by atoms with Crippen LogP contribution in [-0.4, -0.2) is 17.4 Å². The highest BCUT2D eigenvalue weighted by Crippen LogP contribution is 2.58. The molecule has 3 atom stereocenters. The topological polar surface area (TPSA) is 26.6 Å². The van der Waals surface area contributed by atoms with Gasteiger partial charge in [0.05, 0.1) is 22.7 Å². The molecule has 3 aliphatic heterocycles. The number of aromatic nitrogens is 1. The van der Waals surface area contributed by atoms with Crippen LogP contribution in [0.25, 0.3) is 22.7 Å². The van der Waals surface area contributed by atoms with Crippen molar-refractivity contribution in [3.05, 3.63) is 167 Å². The number of anilines is 2. The predicted octanol–water partition coefficient (Wildman–Crippen LogP) is 8.92. The molecule has 0 spiro atoms. The molecular formula is C42H31BN2O2. The molecule has 3 aliphatic carbocycles. The van der Waals surface area contributed by atoms with Gasteiger partial charge in [-0.2, -0.15) is 0 Å². The van der Waals surface area contributed by atoms with Crippen LogP contribution in [0.15, 0.2) is 150 Å². The molecule has 0 radical (unpaired) electrons. The average molecular weight is 607 g/mol. The number of hydrogen-bond acceptors (Lipinski definition) is 3. The van der Waals surface area contributed by atoms with Gasteiger partial charge in [-0.15, -0.1) is 0 Å². The summed E-state index contributed by atoms with van der Waals surface area (Å²) in [5.74, 6) is 3.34. The molecule has 0 bridgehead atoms. The van der Waals surface area contributed by atoms with Gasteiger partial charge in [0.2, 0.25) is 6.71 Å². The van der Waals surface area contributed by atoms with Crippen LogP contribution >= 0.6 is 0 Å². The molecule has 0 saturated carbocycles. The Morgan fingerprint density at radius 2 is 1.66 bits per heavy atom. The molecule has 5 heteroatoms. The molecule has 224 valence electrons. The summed E-state index contributed by atoms with van der Waals surface area (Å²) in [6, 6.07) is 35.4. The Kier molecular flexibility index (Phi) is 5.23. The van der Waals surface area contributed by atoms with E-state index in [0.717, 1.165) is 42.2 Å². The summed E-state index contributed by atoms with van der Waals surface area (Å²) in [4.78, 5) is 2.48. The summed E-state index contributed by atoms with van der Waals surface area (Å²) in [7, 11) is 0. The Bertz CT molecular complexity index is 2320. The molecule has 4 aromatic carbocycles. The van der Waals surface area contributed by atoms with E-state index in [2.05, 4.69) is 143 Å². The molecule has 4 nitrogen and oxygen atoms in total. The van der Waals surface area contributed by atoms with E-state index in [4.69, 9.17) is 9.47 Å². The van der Waals surface area contributed by atoms with E-state index in [9.17, 15) is 0 Å². The largest absolute Gasteiger partial charge is 0.491 e. The maximum absolute atomic E-state index is 7.03. The van der Waals surface area contributed by atoms with Crippen molar-refractivity contribution in [2.45, 2.75) is 37.1 Å². The number of fused-ring (bicyclic) bond motifs is 10. The second-order valence-corrected chi connectivity index (χ2v) is 13.4. The van der Waals surface area contributed by atoms with Gasteiger partial charge in [-0.25, -0.2) is 0 Å². The number of hydrogen-bond donors (Lipinski definition) is 0. The standard InChI is InChI=1S/C42H31BN2O2/c1-2-12-26(13-3-1)45-36-24-27(44-34-18-8-4-14-28(34)29-15-5-9-19-35(29)44)22-23-30(36)31-25-39-40-42(41(31)45)47-38-21-11-7-17-33(38)43(40)32-16-6-10-20-37(32)46-39/h1-4,6-14,16-24,31-32,37H,5,15,25H2. The van der Waals surface area contributed by atoms with Gasteiger partial charge in [-0.3, -0.25) is 0 Å². The maximum Gasteiger partial charge on any atom is 0.234 e. The first-order valence-corrected chi connectivity index (χ1v) is 16.9. The number of allylic oxidation sites excluding steroid dienone is 6. The number of para-hydroxylation sites is 3. The van der Waals surface area contributed by atoms with Gasteiger partial charge in [-0.05, 0) is 78.0 Å². The van der Waals surface area contributed by atoms with Crippen molar-refractivity contribution < 1.29 is 9.47 Å². The lowest BCUT2D eigenvalue weighted by molar-refractivity contribution is 0.134. The fourth-order valence-corrected chi connectivity index (χ4v) is 9.16. The number of rotatable bonds is 2. The number of benzene rings is 4. The van der Waals surface area contributed by atoms with Gasteiger partial charge in [0, 0.05) is 46.1 Å². The molecule has 0 fully saturated rings. The third-order valence-corrected chi connectivity index (χ3v) is 11.1. The fraction of sp³-hybridized carbons (Fsp3) is 0.143. The van der Waals surface area contributed by atoms with Crippen molar-refractivity contribution in [2.24, 2.45) is 0 Å². The molecule has 4 heterocycles. The Hall–Kier alpha value is -5.42. The molecule has 0 N–H and O–H groups in total. The van der Waals surface area contributed by atoms with Crippen molar-refractivity contribution in [3.8, 4) is 11.4 Å². The van der Waals surface area contributed by atoms with Gasteiger partial charge in [0.25, 0.3) is 0 Å². The molecule has 3 unspecified atom stereocenters.